The van der Waals surface area contributed by atoms with Gasteiger partial charge in [0.05, 0.1) is 5.56 Å². The van der Waals surface area contributed by atoms with Crippen molar-refractivity contribution < 1.29 is 4.79 Å². The van der Waals surface area contributed by atoms with E-state index < -0.39 is 0 Å². The summed E-state index contributed by atoms with van der Waals surface area (Å²) in [5.41, 5.74) is 8.96. The van der Waals surface area contributed by atoms with Gasteiger partial charge in [-0.15, -0.1) is 0 Å². The Labute approximate surface area is 77.9 Å². The average molecular weight is 178 g/mol. The molecule has 1 aromatic rings. The average Bonchev–Trinajstić information content (AvgIpc) is 2.10. The Kier molecular flexibility index (Phi) is 2.56. The van der Waals surface area contributed by atoms with E-state index in [0.717, 1.165) is 11.1 Å². The van der Waals surface area contributed by atoms with Gasteiger partial charge in [-0.3, -0.25) is 4.79 Å². The van der Waals surface area contributed by atoms with Crippen LogP contribution in [0.3, 0.4) is 0 Å². The van der Waals surface area contributed by atoms with Crippen LogP contribution in [0.1, 0.15) is 21.5 Å². The Balaban J connectivity index is 3.23. The molecule has 3 heteroatoms. The molecule has 0 saturated carbocycles. The minimum absolute atomic E-state index is 0.138. The molecule has 1 aromatic carbocycles. The van der Waals surface area contributed by atoms with E-state index in [1.165, 1.54) is 0 Å². The molecule has 0 unspecified atom stereocenters. The largest absolute Gasteiger partial charge is 0.398 e. The highest BCUT2D eigenvalue weighted by Crippen LogP contribution is 2.17. The lowest BCUT2D eigenvalue weighted by molar-refractivity contribution is 0.0964. The van der Waals surface area contributed by atoms with Gasteiger partial charge in [-0.25, -0.2) is 0 Å². The monoisotopic (exact) mass is 178 g/mol. The summed E-state index contributed by atoms with van der Waals surface area (Å²) in [7, 11) is 1.59. The van der Waals surface area contributed by atoms with Gasteiger partial charge in [-0.2, -0.15) is 0 Å². The maximum atomic E-state index is 11.3. The van der Waals surface area contributed by atoms with Gasteiger partial charge in [0.15, 0.2) is 0 Å². The van der Waals surface area contributed by atoms with Crippen LogP contribution in [0.5, 0.6) is 0 Å². The Bertz CT molecular complexity index is 345. The molecule has 13 heavy (non-hydrogen) atoms. The first kappa shape index (κ1) is 9.58. The smallest absolute Gasteiger partial charge is 0.253 e. The maximum absolute atomic E-state index is 11.3. The van der Waals surface area contributed by atoms with Crippen molar-refractivity contribution in [3.8, 4) is 0 Å². The van der Waals surface area contributed by atoms with Crippen LogP contribution in [-0.2, 0) is 0 Å². The Morgan fingerprint density at radius 2 is 1.85 bits per heavy atom. The van der Waals surface area contributed by atoms with Gasteiger partial charge in [-0.05, 0) is 37.1 Å². The predicted molar refractivity (Wildman–Crippen MR) is 53.7 cm³/mol. The topological polar surface area (TPSA) is 55.1 Å². The van der Waals surface area contributed by atoms with Crippen LogP contribution in [0.4, 0.5) is 5.69 Å². The van der Waals surface area contributed by atoms with Gasteiger partial charge in [-0.1, -0.05) is 0 Å². The maximum Gasteiger partial charge on any atom is 0.253 e. The number of nitrogens with two attached hydrogens (primary N) is 1. The lowest BCUT2D eigenvalue weighted by atomic mass is 10.0. The molecule has 0 atom stereocenters. The molecule has 3 nitrogen and oxygen atoms in total. The summed E-state index contributed by atoms with van der Waals surface area (Å²) in [5, 5.41) is 2.55. The lowest BCUT2D eigenvalue weighted by Crippen LogP contribution is -2.19. The van der Waals surface area contributed by atoms with E-state index in [2.05, 4.69) is 5.32 Å². The van der Waals surface area contributed by atoms with Crippen LogP contribution in [0.15, 0.2) is 12.1 Å². The van der Waals surface area contributed by atoms with Gasteiger partial charge in [0, 0.05) is 12.7 Å². The Hall–Kier alpha value is -1.51. The minimum atomic E-state index is -0.138. The molecule has 70 valence electrons. The van der Waals surface area contributed by atoms with Crippen molar-refractivity contribution in [2.24, 2.45) is 0 Å². The number of aryl methyl sites for hydroxylation is 2. The van der Waals surface area contributed by atoms with Crippen LogP contribution < -0.4 is 11.1 Å². The highest BCUT2D eigenvalue weighted by molar-refractivity contribution is 5.99. The molecule has 0 radical (unpaired) electrons. The third-order valence-electron chi connectivity index (χ3n) is 2.14. The van der Waals surface area contributed by atoms with E-state index in [1.54, 1.807) is 7.05 Å². The standard InChI is InChI=1S/C10H14N2O/c1-6-4-8(10(13)12-3)9(11)5-7(6)2/h4-5H,11H2,1-3H3,(H,12,13). The molecule has 0 aliphatic heterocycles. The normalized spacial score (nSPS) is 9.77. The molecule has 0 spiro atoms. The second kappa shape index (κ2) is 3.47. The first-order valence-electron chi connectivity index (χ1n) is 4.15. The Morgan fingerprint density at radius 1 is 1.31 bits per heavy atom. The van der Waals surface area contributed by atoms with Crippen LogP contribution in [0.25, 0.3) is 0 Å². The van der Waals surface area contributed by atoms with Gasteiger partial charge < -0.3 is 11.1 Å². The number of benzene rings is 1. The number of nitrogen functional groups attached to an aromatic ring is 1. The van der Waals surface area contributed by atoms with Crippen molar-refractivity contribution in [2.45, 2.75) is 13.8 Å². The molecule has 3 N–H and O–H groups in total. The van der Waals surface area contributed by atoms with Crippen molar-refractivity contribution >= 4 is 11.6 Å². The molecule has 0 saturated heterocycles. The minimum Gasteiger partial charge on any atom is -0.398 e. The summed E-state index contributed by atoms with van der Waals surface area (Å²) >= 11 is 0. The predicted octanol–water partition coefficient (Wildman–Crippen LogP) is 1.25. The van der Waals surface area contributed by atoms with Gasteiger partial charge in [0.25, 0.3) is 5.91 Å². The quantitative estimate of drug-likeness (QED) is 0.636. The van der Waals surface area contributed by atoms with E-state index in [1.807, 2.05) is 26.0 Å². The van der Waals surface area contributed by atoms with Crippen molar-refractivity contribution in [3.05, 3.63) is 28.8 Å². The number of hydrogen-bond acceptors (Lipinski definition) is 2. The number of rotatable bonds is 1. The fraction of sp³-hybridized carbons (Fsp3) is 0.300. The first-order valence-corrected chi connectivity index (χ1v) is 4.15. The van der Waals surface area contributed by atoms with Crippen LogP contribution in [-0.4, -0.2) is 13.0 Å². The van der Waals surface area contributed by atoms with Crippen LogP contribution in [0, 0.1) is 13.8 Å². The van der Waals surface area contributed by atoms with Crippen LogP contribution >= 0.6 is 0 Å². The molecular formula is C10H14N2O. The highest BCUT2D eigenvalue weighted by atomic mass is 16.1. The molecule has 0 heterocycles. The second-order valence-electron chi connectivity index (χ2n) is 3.10. The molecule has 0 aliphatic rings. The van der Waals surface area contributed by atoms with E-state index in [9.17, 15) is 4.79 Å². The fourth-order valence-electron chi connectivity index (χ4n) is 1.17. The highest BCUT2D eigenvalue weighted by Gasteiger charge is 2.08. The van der Waals surface area contributed by atoms with E-state index >= 15 is 0 Å². The van der Waals surface area contributed by atoms with Gasteiger partial charge in [0.2, 0.25) is 0 Å². The molecule has 1 amide bonds. The first-order chi connectivity index (χ1) is 6.06. The molecular weight excluding hydrogens is 164 g/mol. The van der Waals surface area contributed by atoms with E-state index in [0.29, 0.717) is 11.3 Å². The van der Waals surface area contributed by atoms with Crippen molar-refractivity contribution in [1.29, 1.82) is 0 Å². The van der Waals surface area contributed by atoms with Crippen molar-refractivity contribution in [1.82, 2.24) is 5.32 Å². The summed E-state index contributed by atoms with van der Waals surface area (Å²) in [4.78, 5) is 11.3. The Morgan fingerprint density at radius 3 is 2.38 bits per heavy atom. The van der Waals surface area contributed by atoms with E-state index in [4.69, 9.17) is 5.73 Å². The van der Waals surface area contributed by atoms with Crippen molar-refractivity contribution in [2.75, 3.05) is 12.8 Å². The molecule has 0 aromatic heterocycles. The number of nitrogens with one attached hydrogen (secondary N) is 1. The molecule has 1 rings (SSSR count). The summed E-state index contributed by atoms with van der Waals surface area (Å²) in [6, 6.07) is 3.63. The number of amides is 1. The zero-order valence-electron chi connectivity index (χ0n) is 8.14. The number of carbonyl (C=O) groups excluding carboxylic acids is 1. The SMILES string of the molecule is CNC(=O)c1cc(C)c(C)cc1N. The fourth-order valence-corrected chi connectivity index (χ4v) is 1.17. The number of carbonyl (C=O) groups is 1. The summed E-state index contributed by atoms with van der Waals surface area (Å²) in [6.07, 6.45) is 0. The van der Waals surface area contributed by atoms with Gasteiger partial charge >= 0.3 is 0 Å². The summed E-state index contributed by atoms with van der Waals surface area (Å²) in [5.74, 6) is -0.138. The van der Waals surface area contributed by atoms with E-state index in [-0.39, 0.29) is 5.91 Å². The molecule has 0 aliphatic carbocycles. The lowest BCUT2D eigenvalue weighted by Gasteiger charge is -2.07. The van der Waals surface area contributed by atoms with Crippen molar-refractivity contribution in [3.63, 3.8) is 0 Å². The number of hydrogen-bond donors (Lipinski definition) is 2. The zero-order valence-corrected chi connectivity index (χ0v) is 8.14. The summed E-state index contributed by atoms with van der Waals surface area (Å²) in [6.45, 7) is 3.93. The number of anilines is 1. The zero-order chi connectivity index (χ0) is 10.0. The van der Waals surface area contributed by atoms with Crippen LogP contribution in [0.2, 0.25) is 0 Å². The molecule has 0 fully saturated rings. The van der Waals surface area contributed by atoms with Gasteiger partial charge in [0.1, 0.15) is 0 Å². The summed E-state index contributed by atoms with van der Waals surface area (Å²) < 4.78 is 0. The third kappa shape index (κ3) is 1.80. The second-order valence-corrected chi connectivity index (χ2v) is 3.10. The molecule has 0 bridgehead atoms. The third-order valence-corrected chi connectivity index (χ3v) is 2.14.